The molecule has 0 fully saturated rings. The molecule has 1 aromatic carbocycles. The van der Waals surface area contributed by atoms with Crippen LogP contribution in [0.5, 0.6) is 11.5 Å². The summed E-state index contributed by atoms with van der Waals surface area (Å²) in [5.74, 6) is -1.76. The summed E-state index contributed by atoms with van der Waals surface area (Å²) in [6.07, 6.45) is -0.979. The van der Waals surface area contributed by atoms with Crippen molar-refractivity contribution in [1.82, 2.24) is 5.32 Å². The van der Waals surface area contributed by atoms with E-state index in [1.807, 2.05) is 0 Å². The molecule has 0 spiro atoms. The monoisotopic (exact) mass is 481 g/mol. The van der Waals surface area contributed by atoms with E-state index in [-0.39, 0.29) is 31.1 Å². The maximum atomic E-state index is 12.7. The fourth-order valence-electron chi connectivity index (χ4n) is 2.26. The number of carbonyl (C=O) groups excluding carboxylic acids is 2. The van der Waals surface area contributed by atoms with Crippen molar-refractivity contribution >= 4 is 19.8 Å². The first-order valence-corrected chi connectivity index (χ1v) is 11.0. The predicted octanol–water partition coefficient (Wildman–Crippen LogP) is 0.531. The highest BCUT2D eigenvalue weighted by atomic mass is 31.2. The Kier molecular flexibility index (Phi) is 11.3. The van der Waals surface area contributed by atoms with Gasteiger partial charge < -0.3 is 39.5 Å². The highest BCUT2D eigenvalue weighted by Gasteiger charge is 2.37. The van der Waals surface area contributed by atoms with Gasteiger partial charge in [-0.1, -0.05) is 6.07 Å². The molecular formula is C19H32NO11P. The Hall–Kier alpha value is -2.21. The molecule has 0 saturated heterocycles. The van der Waals surface area contributed by atoms with E-state index in [0.717, 1.165) is 0 Å². The minimum atomic E-state index is -4.64. The number of nitrogens with one attached hydrogen (secondary N) is 1. The lowest BCUT2D eigenvalue weighted by Crippen LogP contribution is -2.54. The van der Waals surface area contributed by atoms with Crippen molar-refractivity contribution in [3.63, 3.8) is 0 Å². The van der Waals surface area contributed by atoms with E-state index >= 15 is 0 Å². The van der Waals surface area contributed by atoms with Crippen molar-refractivity contribution in [2.75, 3.05) is 13.2 Å². The summed E-state index contributed by atoms with van der Waals surface area (Å²) in [4.78, 5) is 46.2. The van der Waals surface area contributed by atoms with Crippen LogP contribution in [0.25, 0.3) is 0 Å². The number of carbonyl (C=O) groups is 2. The number of ether oxygens (including phenoxy) is 2. The van der Waals surface area contributed by atoms with Crippen molar-refractivity contribution in [3.8, 4) is 11.5 Å². The third-order valence-corrected chi connectivity index (χ3v) is 3.83. The Morgan fingerprint density at radius 1 is 1.03 bits per heavy atom. The summed E-state index contributed by atoms with van der Waals surface area (Å²) in [5.41, 5.74) is -1.42. The minimum Gasteiger partial charge on any atom is -0.504 e. The highest BCUT2D eigenvalue weighted by molar-refractivity contribution is 7.45. The average Bonchev–Trinajstić information content (AvgIpc) is 2.60. The summed E-state index contributed by atoms with van der Waals surface area (Å²) < 4.78 is 19.3. The lowest BCUT2D eigenvalue weighted by molar-refractivity contribution is -0.194. The van der Waals surface area contributed by atoms with Crippen molar-refractivity contribution in [2.24, 2.45) is 5.41 Å². The average molecular weight is 481 g/mol. The predicted molar refractivity (Wildman–Crippen MR) is 112 cm³/mol. The van der Waals surface area contributed by atoms with Gasteiger partial charge >= 0.3 is 19.8 Å². The van der Waals surface area contributed by atoms with Gasteiger partial charge in [0, 0.05) is 19.9 Å². The van der Waals surface area contributed by atoms with Crippen LogP contribution >= 0.6 is 7.82 Å². The second kappa shape index (κ2) is 12.1. The maximum absolute atomic E-state index is 12.7. The molecule has 0 saturated carbocycles. The van der Waals surface area contributed by atoms with Crippen molar-refractivity contribution in [1.29, 1.82) is 0 Å². The van der Waals surface area contributed by atoms with Crippen molar-refractivity contribution < 1.29 is 53.6 Å². The lowest BCUT2D eigenvalue weighted by Gasteiger charge is -2.30. The van der Waals surface area contributed by atoms with E-state index in [4.69, 9.17) is 33.8 Å². The quantitative estimate of drug-likeness (QED) is 0.118. The molecule has 0 aliphatic carbocycles. The van der Waals surface area contributed by atoms with Gasteiger partial charge in [0.05, 0.1) is 12.0 Å². The van der Waals surface area contributed by atoms with Gasteiger partial charge in [0.15, 0.2) is 11.5 Å². The molecule has 1 aromatic rings. The third-order valence-electron chi connectivity index (χ3n) is 3.83. The van der Waals surface area contributed by atoms with Gasteiger partial charge in [0.2, 0.25) is 6.29 Å². The topological polar surface area (TPSA) is 203 Å². The van der Waals surface area contributed by atoms with Gasteiger partial charge in [-0.2, -0.15) is 0 Å². The molecule has 0 amide bonds. The fourth-order valence-corrected chi connectivity index (χ4v) is 2.26. The second-order valence-corrected chi connectivity index (χ2v) is 9.15. The Bertz CT molecular complexity index is 810. The van der Waals surface area contributed by atoms with Crippen molar-refractivity contribution in [3.05, 3.63) is 23.8 Å². The number of benzene rings is 1. The van der Waals surface area contributed by atoms with Gasteiger partial charge in [-0.3, -0.25) is 10.1 Å². The number of phenolic OH excluding ortho intramolecular Hbond substituents is 2. The molecule has 1 rings (SSSR count). The zero-order valence-electron chi connectivity index (χ0n) is 18.6. The number of hydrogen-bond donors (Lipinski definition) is 7. The third kappa shape index (κ3) is 12.0. The number of β-amino-alcohol motifs (C(OH)–C–C–N with tert-alkyl or cyclic N) is 1. The smallest absolute Gasteiger partial charge is 0.466 e. The van der Waals surface area contributed by atoms with Crippen LogP contribution in [-0.2, 0) is 30.0 Å². The molecule has 2 atom stereocenters. The molecule has 0 bridgehead atoms. The number of esters is 2. The van der Waals surface area contributed by atoms with Gasteiger partial charge in [0.25, 0.3) is 0 Å². The molecule has 12 nitrogen and oxygen atoms in total. The Morgan fingerprint density at radius 3 is 1.97 bits per heavy atom. The van der Waals surface area contributed by atoms with Crippen LogP contribution < -0.4 is 5.32 Å². The van der Waals surface area contributed by atoms with Crippen molar-refractivity contribution in [2.45, 2.75) is 52.9 Å². The van der Waals surface area contributed by atoms with Crippen LogP contribution in [0.3, 0.4) is 0 Å². The summed E-state index contributed by atoms with van der Waals surface area (Å²) in [5, 5.41) is 31.1. The molecule has 0 heterocycles. The standard InChI is InChI=1S/C19H29NO7.H3O4P/c1-12(26-16(24)18(2,3)4)27-17(25)19(5,20-8-9-21)11-13-6-7-14(22)15(23)10-13;1-5(2,3)4/h6-7,10,12,20-23H,8-9,11H2,1-5H3;(H3,1,2,3,4)/t12-,19+;/m1./s1. The largest absolute Gasteiger partial charge is 0.504 e. The molecule has 0 aromatic heterocycles. The first kappa shape index (κ1) is 29.8. The van der Waals surface area contributed by atoms with E-state index in [2.05, 4.69) is 5.32 Å². The van der Waals surface area contributed by atoms with Crippen LogP contribution in [0, 0.1) is 5.41 Å². The number of hydrogen-bond acceptors (Lipinski definition) is 9. The summed E-state index contributed by atoms with van der Waals surface area (Å²) in [7, 11) is -4.64. The molecule has 0 radical (unpaired) electrons. The SMILES string of the molecule is C[C@H](OC(=O)C(C)(C)C)OC(=O)[C@](C)(Cc1ccc(O)c(O)c1)NCCO.O=P(O)(O)O. The molecule has 7 N–H and O–H groups in total. The summed E-state index contributed by atoms with van der Waals surface area (Å²) >= 11 is 0. The van der Waals surface area contributed by atoms with Crippen LogP contribution in [-0.4, -0.2) is 66.9 Å². The maximum Gasteiger partial charge on any atom is 0.466 e. The molecule has 13 heteroatoms. The first-order valence-electron chi connectivity index (χ1n) is 9.46. The Labute approximate surface area is 186 Å². The Morgan fingerprint density at radius 2 is 1.53 bits per heavy atom. The van der Waals surface area contributed by atoms with Crippen LogP contribution in [0.15, 0.2) is 18.2 Å². The summed E-state index contributed by atoms with van der Waals surface area (Å²) in [6.45, 7) is 8.02. The van der Waals surface area contributed by atoms with Gasteiger partial charge in [-0.15, -0.1) is 0 Å². The minimum absolute atomic E-state index is 0.111. The van der Waals surface area contributed by atoms with Gasteiger partial charge in [0.1, 0.15) is 5.54 Å². The number of aliphatic hydroxyl groups is 1. The zero-order chi connectivity index (χ0) is 25.3. The van der Waals surface area contributed by atoms with E-state index < -0.39 is 37.0 Å². The number of phenols is 2. The van der Waals surface area contributed by atoms with Crippen LogP contribution in [0.2, 0.25) is 0 Å². The fraction of sp³-hybridized carbons (Fsp3) is 0.579. The highest BCUT2D eigenvalue weighted by Crippen LogP contribution is 2.27. The Balaban J connectivity index is 0.00000172. The number of rotatable bonds is 8. The molecule has 0 unspecified atom stereocenters. The summed E-state index contributed by atoms with van der Waals surface area (Å²) in [6, 6.07) is 4.21. The van der Waals surface area contributed by atoms with E-state index in [9.17, 15) is 19.8 Å². The number of aromatic hydroxyl groups is 2. The normalized spacial score (nSPS) is 14.4. The first-order chi connectivity index (χ1) is 14.4. The number of phosphoric acid groups is 1. The second-order valence-electron chi connectivity index (χ2n) is 8.12. The van der Waals surface area contributed by atoms with E-state index in [1.54, 1.807) is 33.8 Å². The lowest BCUT2D eigenvalue weighted by atomic mass is 9.92. The van der Waals surface area contributed by atoms with E-state index in [0.29, 0.717) is 5.56 Å². The zero-order valence-corrected chi connectivity index (χ0v) is 19.5. The van der Waals surface area contributed by atoms with Gasteiger partial charge in [-0.25, -0.2) is 9.36 Å². The van der Waals surface area contributed by atoms with Crippen LogP contribution in [0.1, 0.15) is 40.2 Å². The number of aliphatic hydroxyl groups excluding tert-OH is 1. The molecule has 0 aliphatic rings. The van der Waals surface area contributed by atoms with Crippen LogP contribution in [0.4, 0.5) is 0 Å². The molecular weight excluding hydrogens is 449 g/mol. The van der Waals surface area contributed by atoms with Gasteiger partial charge in [-0.05, 0) is 45.4 Å². The van der Waals surface area contributed by atoms with E-state index in [1.165, 1.54) is 19.1 Å². The molecule has 184 valence electrons. The molecule has 0 aliphatic heterocycles. The molecule has 32 heavy (non-hydrogen) atoms.